The van der Waals surface area contributed by atoms with Crippen molar-refractivity contribution < 1.29 is 23.9 Å². The summed E-state index contributed by atoms with van der Waals surface area (Å²) < 4.78 is 4.42. The number of nitrogens with two attached hydrogens (primary N) is 1. The van der Waals surface area contributed by atoms with E-state index in [1.807, 2.05) is 0 Å². The molecule has 8 heteroatoms. The molecule has 0 aliphatic rings. The van der Waals surface area contributed by atoms with E-state index in [1.165, 1.54) is 21.0 Å². The number of ether oxygens (including phenoxy) is 1. The van der Waals surface area contributed by atoms with Crippen molar-refractivity contribution in [1.82, 2.24) is 10.6 Å². The molecule has 0 fully saturated rings. The standard InChI is InChI=1S/C10H17N3O5/c1-5(10(17)18-3)12-9(16)7(4-8(11)15)13-6(2)14/h5,7H,4H2,1-3H3,(H2,11,15)(H,12,16)(H,13,14)/t5-,7+/m0/s1. The van der Waals surface area contributed by atoms with Crippen molar-refractivity contribution in [3.05, 3.63) is 0 Å². The van der Waals surface area contributed by atoms with E-state index in [2.05, 4.69) is 15.4 Å². The van der Waals surface area contributed by atoms with Gasteiger partial charge in [-0.05, 0) is 6.92 Å². The molecule has 2 atom stereocenters. The smallest absolute Gasteiger partial charge is 0.328 e. The number of hydrogen-bond donors (Lipinski definition) is 3. The Morgan fingerprint density at radius 2 is 1.78 bits per heavy atom. The molecule has 0 unspecified atom stereocenters. The van der Waals surface area contributed by atoms with Crippen molar-refractivity contribution in [3.63, 3.8) is 0 Å². The second-order valence-electron chi connectivity index (χ2n) is 3.68. The van der Waals surface area contributed by atoms with Crippen LogP contribution in [0.3, 0.4) is 0 Å². The zero-order valence-electron chi connectivity index (χ0n) is 10.5. The maximum atomic E-state index is 11.7. The van der Waals surface area contributed by atoms with E-state index in [9.17, 15) is 19.2 Å². The van der Waals surface area contributed by atoms with Crippen molar-refractivity contribution in [1.29, 1.82) is 0 Å². The summed E-state index contributed by atoms with van der Waals surface area (Å²) >= 11 is 0. The van der Waals surface area contributed by atoms with Crippen molar-refractivity contribution in [3.8, 4) is 0 Å². The molecule has 0 radical (unpaired) electrons. The Kier molecular flexibility index (Phi) is 6.40. The fourth-order valence-corrected chi connectivity index (χ4v) is 1.21. The summed E-state index contributed by atoms with van der Waals surface area (Å²) in [4.78, 5) is 44.5. The van der Waals surface area contributed by atoms with Crippen LogP contribution in [0, 0.1) is 0 Å². The second kappa shape index (κ2) is 7.25. The van der Waals surface area contributed by atoms with Gasteiger partial charge < -0.3 is 21.1 Å². The molecule has 0 rings (SSSR count). The molecule has 0 aromatic heterocycles. The van der Waals surface area contributed by atoms with Crippen LogP contribution in [-0.2, 0) is 23.9 Å². The van der Waals surface area contributed by atoms with Crippen LogP contribution in [-0.4, -0.2) is 42.9 Å². The minimum Gasteiger partial charge on any atom is -0.467 e. The van der Waals surface area contributed by atoms with Gasteiger partial charge in [-0.1, -0.05) is 0 Å². The van der Waals surface area contributed by atoms with Gasteiger partial charge in [-0.15, -0.1) is 0 Å². The van der Waals surface area contributed by atoms with E-state index >= 15 is 0 Å². The molecular weight excluding hydrogens is 242 g/mol. The Labute approximate surface area is 104 Å². The predicted molar refractivity (Wildman–Crippen MR) is 61.0 cm³/mol. The number of rotatable bonds is 6. The van der Waals surface area contributed by atoms with E-state index in [1.54, 1.807) is 0 Å². The average molecular weight is 259 g/mol. The first-order chi connectivity index (χ1) is 8.27. The summed E-state index contributed by atoms with van der Waals surface area (Å²) in [6.07, 6.45) is -0.348. The van der Waals surface area contributed by atoms with Crippen LogP contribution >= 0.6 is 0 Å². The Bertz CT molecular complexity index is 339. The zero-order valence-corrected chi connectivity index (χ0v) is 10.5. The topological polar surface area (TPSA) is 128 Å². The molecule has 0 aromatic rings. The zero-order chi connectivity index (χ0) is 14.3. The van der Waals surface area contributed by atoms with Gasteiger partial charge in [0.25, 0.3) is 0 Å². The molecule has 0 aliphatic heterocycles. The first-order valence-corrected chi connectivity index (χ1v) is 5.21. The van der Waals surface area contributed by atoms with Gasteiger partial charge >= 0.3 is 5.97 Å². The van der Waals surface area contributed by atoms with Gasteiger partial charge in [-0.25, -0.2) is 4.79 Å². The molecule has 3 amide bonds. The predicted octanol–water partition coefficient (Wildman–Crippen LogP) is -1.96. The number of amides is 3. The lowest BCUT2D eigenvalue weighted by Crippen LogP contribution is -2.51. The lowest BCUT2D eigenvalue weighted by atomic mass is 10.1. The maximum absolute atomic E-state index is 11.7. The van der Waals surface area contributed by atoms with Gasteiger partial charge in [0.15, 0.2) is 0 Å². The Morgan fingerprint density at radius 1 is 1.22 bits per heavy atom. The number of methoxy groups -OCH3 is 1. The fraction of sp³-hybridized carbons (Fsp3) is 0.600. The van der Waals surface area contributed by atoms with Crippen LogP contribution in [0.25, 0.3) is 0 Å². The highest BCUT2D eigenvalue weighted by Crippen LogP contribution is 1.95. The minimum absolute atomic E-state index is 0.348. The molecule has 18 heavy (non-hydrogen) atoms. The molecule has 0 saturated carbocycles. The number of carbonyl (C=O) groups is 4. The fourth-order valence-electron chi connectivity index (χ4n) is 1.21. The van der Waals surface area contributed by atoms with Gasteiger partial charge in [-0.2, -0.15) is 0 Å². The van der Waals surface area contributed by atoms with Gasteiger partial charge in [-0.3, -0.25) is 14.4 Å². The average Bonchev–Trinajstić information content (AvgIpc) is 2.25. The largest absolute Gasteiger partial charge is 0.467 e. The molecule has 0 saturated heterocycles. The SMILES string of the molecule is COC(=O)[C@H](C)NC(=O)[C@@H](CC(N)=O)NC(C)=O. The van der Waals surface area contributed by atoms with Gasteiger partial charge in [0.1, 0.15) is 12.1 Å². The monoisotopic (exact) mass is 259 g/mol. The van der Waals surface area contributed by atoms with E-state index < -0.39 is 35.8 Å². The molecule has 0 bridgehead atoms. The van der Waals surface area contributed by atoms with Gasteiger partial charge in [0.2, 0.25) is 17.7 Å². The molecule has 0 spiro atoms. The summed E-state index contributed by atoms with van der Waals surface area (Å²) in [5.41, 5.74) is 4.96. The third kappa shape index (κ3) is 5.83. The molecule has 0 aliphatic carbocycles. The van der Waals surface area contributed by atoms with Crippen LogP contribution in [0.4, 0.5) is 0 Å². The highest BCUT2D eigenvalue weighted by atomic mass is 16.5. The quantitative estimate of drug-likeness (QED) is 0.477. The molecule has 0 heterocycles. The van der Waals surface area contributed by atoms with Crippen LogP contribution in [0.5, 0.6) is 0 Å². The maximum Gasteiger partial charge on any atom is 0.328 e. The lowest BCUT2D eigenvalue weighted by molar-refractivity contribution is -0.144. The first-order valence-electron chi connectivity index (χ1n) is 5.21. The lowest BCUT2D eigenvalue weighted by Gasteiger charge is -2.18. The van der Waals surface area contributed by atoms with E-state index in [0.29, 0.717) is 0 Å². The Hall–Kier alpha value is -2.12. The Morgan fingerprint density at radius 3 is 2.17 bits per heavy atom. The van der Waals surface area contributed by atoms with E-state index in [-0.39, 0.29) is 6.42 Å². The highest BCUT2D eigenvalue weighted by molar-refractivity contribution is 5.93. The van der Waals surface area contributed by atoms with Crippen LogP contribution in [0.15, 0.2) is 0 Å². The summed E-state index contributed by atoms with van der Waals surface area (Å²) in [5, 5.41) is 4.57. The van der Waals surface area contributed by atoms with Gasteiger partial charge in [0.05, 0.1) is 13.5 Å². The number of primary amides is 1. The van der Waals surface area contributed by atoms with Crippen molar-refractivity contribution >= 4 is 23.7 Å². The molecule has 0 aromatic carbocycles. The number of hydrogen-bond acceptors (Lipinski definition) is 5. The molecule has 4 N–H and O–H groups in total. The highest BCUT2D eigenvalue weighted by Gasteiger charge is 2.25. The van der Waals surface area contributed by atoms with Crippen LogP contribution < -0.4 is 16.4 Å². The molecule has 102 valence electrons. The number of esters is 1. The first kappa shape index (κ1) is 15.9. The van der Waals surface area contributed by atoms with E-state index in [0.717, 1.165) is 0 Å². The van der Waals surface area contributed by atoms with Crippen LogP contribution in [0.1, 0.15) is 20.3 Å². The summed E-state index contributed by atoms with van der Waals surface area (Å²) in [6.45, 7) is 2.61. The minimum atomic E-state index is -1.10. The number of carbonyl (C=O) groups excluding carboxylic acids is 4. The third-order valence-corrected chi connectivity index (χ3v) is 2.01. The van der Waals surface area contributed by atoms with Crippen molar-refractivity contribution in [2.24, 2.45) is 5.73 Å². The van der Waals surface area contributed by atoms with Crippen molar-refractivity contribution in [2.45, 2.75) is 32.4 Å². The Balaban J connectivity index is 4.59. The molecule has 8 nitrogen and oxygen atoms in total. The van der Waals surface area contributed by atoms with Gasteiger partial charge in [0, 0.05) is 6.92 Å². The number of nitrogens with one attached hydrogen (secondary N) is 2. The third-order valence-electron chi connectivity index (χ3n) is 2.01. The summed E-state index contributed by atoms with van der Waals surface area (Å²) in [6, 6.07) is -1.99. The van der Waals surface area contributed by atoms with Crippen molar-refractivity contribution in [2.75, 3.05) is 7.11 Å². The summed E-state index contributed by atoms with van der Waals surface area (Å²) in [7, 11) is 1.18. The molecular formula is C10H17N3O5. The summed E-state index contributed by atoms with van der Waals surface area (Å²) in [5.74, 6) is -2.54. The van der Waals surface area contributed by atoms with Crippen LogP contribution in [0.2, 0.25) is 0 Å². The second-order valence-corrected chi connectivity index (χ2v) is 3.68. The van der Waals surface area contributed by atoms with E-state index in [4.69, 9.17) is 5.73 Å². The normalized spacial score (nSPS) is 13.1.